The molecule has 0 aromatic carbocycles. The van der Waals surface area contributed by atoms with Crippen LogP contribution >= 0.6 is 0 Å². The lowest BCUT2D eigenvalue weighted by atomic mass is 10.2. The van der Waals surface area contributed by atoms with E-state index in [2.05, 4.69) is 5.32 Å². The lowest BCUT2D eigenvalue weighted by Gasteiger charge is -2.11. The number of nitrogens with one attached hydrogen (secondary N) is 1. The largest absolute Gasteiger partial charge is 0.467 e. The molecule has 0 radical (unpaired) electrons. The molecule has 1 saturated carbocycles. The molecular weight excluding hydrogens is 216 g/mol. The van der Waals surface area contributed by atoms with Crippen molar-refractivity contribution in [2.75, 3.05) is 13.2 Å². The summed E-state index contributed by atoms with van der Waals surface area (Å²) in [5.41, 5.74) is 5.86. The third-order valence-corrected chi connectivity index (χ3v) is 3.20. The van der Waals surface area contributed by atoms with Gasteiger partial charge in [-0.3, -0.25) is 0 Å². The Morgan fingerprint density at radius 1 is 1.47 bits per heavy atom. The van der Waals surface area contributed by atoms with Gasteiger partial charge in [0, 0.05) is 18.7 Å². The fraction of sp³-hybridized carbons (Fsp3) is 0.692. The van der Waals surface area contributed by atoms with Crippen LogP contribution in [0.25, 0.3) is 0 Å². The van der Waals surface area contributed by atoms with Crippen LogP contribution in [0.1, 0.15) is 31.4 Å². The van der Waals surface area contributed by atoms with Gasteiger partial charge >= 0.3 is 0 Å². The van der Waals surface area contributed by atoms with Crippen molar-refractivity contribution in [1.29, 1.82) is 0 Å². The predicted molar refractivity (Wildman–Crippen MR) is 66.6 cm³/mol. The van der Waals surface area contributed by atoms with Crippen LogP contribution < -0.4 is 11.1 Å². The van der Waals surface area contributed by atoms with Crippen LogP contribution in [0.2, 0.25) is 0 Å². The van der Waals surface area contributed by atoms with E-state index < -0.39 is 0 Å². The number of hydrogen-bond acceptors (Lipinski definition) is 4. The van der Waals surface area contributed by atoms with Crippen molar-refractivity contribution in [3.63, 3.8) is 0 Å². The van der Waals surface area contributed by atoms with Crippen LogP contribution in [0.5, 0.6) is 0 Å². The molecule has 0 bridgehead atoms. The Bertz CT molecular complexity index is 300. The molecule has 1 aromatic rings. The van der Waals surface area contributed by atoms with Crippen molar-refractivity contribution < 1.29 is 9.15 Å². The van der Waals surface area contributed by atoms with E-state index in [9.17, 15) is 0 Å². The maximum atomic E-state index is 5.86. The zero-order chi connectivity index (χ0) is 11.9. The molecule has 0 spiro atoms. The summed E-state index contributed by atoms with van der Waals surface area (Å²) in [6.07, 6.45) is 6.20. The molecule has 1 aliphatic carbocycles. The average Bonchev–Trinajstić information content (AvgIpc) is 2.95. The molecule has 0 aliphatic heterocycles. The van der Waals surface area contributed by atoms with Gasteiger partial charge in [0.15, 0.2) is 0 Å². The van der Waals surface area contributed by atoms with Gasteiger partial charge in [-0.2, -0.15) is 0 Å². The van der Waals surface area contributed by atoms with Crippen LogP contribution in [0.4, 0.5) is 0 Å². The fourth-order valence-electron chi connectivity index (χ4n) is 2.25. The molecule has 0 saturated heterocycles. The van der Waals surface area contributed by atoms with Crippen molar-refractivity contribution in [2.24, 2.45) is 5.73 Å². The molecule has 4 nitrogen and oxygen atoms in total. The Labute approximate surface area is 103 Å². The van der Waals surface area contributed by atoms with E-state index in [1.165, 1.54) is 6.42 Å². The standard InChI is InChI=1S/C13H22N2O2/c14-11-4-5-12(9-11)15-6-2-7-16-10-13-3-1-8-17-13/h1,3,8,11-12,15H,2,4-7,9-10,14H2. The molecule has 1 aliphatic rings. The van der Waals surface area contributed by atoms with Gasteiger partial charge in [-0.05, 0) is 44.4 Å². The van der Waals surface area contributed by atoms with Crippen molar-refractivity contribution >= 4 is 0 Å². The maximum Gasteiger partial charge on any atom is 0.129 e. The van der Waals surface area contributed by atoms with Crippen LogP contribution in [0.3, 0.4) is 0 Å². The quantitative estimate of drug-likeness (QED) is 0.709. The van der Waals surface area contributed by atoms with Gasteiger partial charge in [0.1, 0.15) is 12.4 Å². The molecule has 1 aromatic heterocycles. The molecule has 17 heavy (non-hydrogen) atoms. The zero-order valence-electron chi connectivity index (χ0n) is 10.2. The Kier molecular flexibility index (Phi) is 5.04. The highest BCUT2D eigenvalue weighted by molar-refractivity contribution is 4.95. The first-order valence-electron chi connectivity index (χ1n) is 6.43. The molecule has 0 amide bonds. The van der Waals surface area contributed by atoms with Crippen molar-refractivity contribution in [3.8, 4) is 0 Å². The van der Waals surface area contributed by atoms with Crippen LogP contribution in [0.15, 0.2) is 22.8 Å². The second-order valence-electron chi connectivity index (χ2n) is 4.71. The van der Waals surface area contributed by atoms with Crippen LogP contribution in [-0.4, -0.2) is 25.2 Å². The number of nitrogens with two attached hydrogens (primary N) is 1. The molecule has 2 atom stereocenters. The van der Waals surface area contributed by atoms with E-state index in [-0.39, 0.29) is 0 Å². The smallest absolute Gasteiger partial charge is 0.129 e. The van der Waals surface area contributed by atoms with Gasteiger partial charge in [0.05, 0.1) is 6.26 Å². The monoisotopic (exact) mass is 238 g/mol. The minimum atomic E-state index is 0.405. The lowest BCUT2D eigenvalue weighted by molar-refractivity contribution is 0.103. The van der Waals surface area contributed by atoms with E-state index in [0.717, 1.165) is 38.2 Å². The molecule has 1 heterocycles. The summed E-state index contributed by atoms with van der Waals surface area (Å²) in [5.74, 6) is 0.889. The lowest BCUT2D eigenvalue weighted by Crippen LogP contribution is -2.29. The Hall–Kier alpha value is -0.840. The summed E-state index contributed by atoms with van der Waals surface area (Å²) in [6.45, 7) is 2.35. The Morgan fingerprint density at radius 3 is 3.12 bits per heavy atom. The predicted octanol–water partition coefficient (Wildman–Crippen LogP) is 1.66. The fourth-order valence-corrected chi connectivity index (χ4v) is 2.25. The normalized spacial score (nSPS) is 24.3. The highest BCUT2D eigenvalue weighted by atomic mass is 16.5. The SMILES string of the molecule is NC1CCC(NCCCOCc2ccco2)C1. The second-order valence-corrected chi connectivity index (χ2v) is 4.71. The van der Waals surface area contributed by atoms with E-state index >= 15 is 0 Å². The van der Waals surface area contributed by atoms with E-state index in [4.69, 9.17) is 14.9 Å². The third kappa shape index (κ3) is 4.50. The van der Waals surface area contributed by atoms with Gasteiger partial charge in [-0.1, -0.05) is 0 Å². The molecule has 4 heteroatoms. The summed E-state index contributed by atoms with van der Waals surface area (Å²) in [7, 11) is 0. The van der Waals surface area contributed by atoms with E-state index in [0.29, 0.717) is 18.7 Å². The van der Waals surface area contributed by atoms with Gasteiger partial charge in [0.25, 0.3) is 0 Å². The summed E-state index contributed by atoms with van der Waals surface area (Å²) >= 11 is 0. The summed E-state index contributed by atoms with van der Waals surface area (Å²) in [5, 5.41) is 3.52. The van der Waals surface area contributed by atoms with Gasteiger partial charge in [-0.25, -0.2) is 0 Å². The maximum absolute atomic E-state index is 5.86. The van der Waals surface area contributed by atoms with Gasteiger partial charge < -0.3 is 20.2 Å². The second kappa shape index (κ2) is 6.79. The summed E-state index contributed by atoms with van der Waals surface area (Å²) in [4.78, 5) is 0. The summed E-state index contributed by atoms with van der Waals surface area (Å²) < 4.78 is 10.7. The number of hydrogen-bond donors (Lipinski definition) is 2. The topological polar surface area (TPSA) is 60.4 Å². The third-order valence-electron chi connectivity index (χ3n) is 3.20. The first kappa shape index (κ1) is 12.6. The first-order chi connectivity index (χ1) is 8.34. The van der Waals surface area contributed by atoms with E-state index in [1.807, 2.05) is 12.1 Å². The van der Waals surface area contributed by atoms with Crippen molar-refractivity contribution in [2.45, 2.75) is 44.4 Å². The van der Waals surface area contributed by atoms with Gasteiger partial charge in [0.2, 0.25) is 0 Å². The minimum Gasteiger partial charge on any atom is -0.467 e. The average molecular weight is 238 g/mol. The molecule has 2 unspecified atom stereocenters. The number of rotatable bonds is 7. The minimum absolute atomic E-state index is 0.405. The zero-order valence-corrected chi connectivity index (χ0v) is 10.2. The Morgan fingerprint density at radius 2 is 2.41 bits per heavy atom. The first-order valence-corrected chi connectivity index (χ1v) is 6.43. The van der Waals surface area contributed by atoms with Crippen LogP contribution in [-0.2, 0) is 11.3 Å². The van der Waals surface area contributed by atoms with Crippen molar-refractivity contribution in [3.05, 3.63) is 24.2 Å². The molecule has 1 fully saturated rings. The molecular formula is C13H22N2O2. The molecule has 3 N–H and O–H groups in total. The van der Waals surface area contributed by atoms with Crippen molar-refractivity contribution in [1.82, 2.24) is 5.32 Å². The van der Waals surface area contributed by atoms with Crippen LogP contribution in [0, 0.1) is 0 Å². The highest BCUT2D eigenvalue weighted by Crippen LogP contribution is 2.16. The van der Waals surface area contributed by atoms with Gasteiger partial charge in [-0.15, -0.1) is 0 Å². The number of ether oxygens (including phenoxy) is 1. The number of furan rings is 1. The Balaban J connectivity index is 1.44. The molecule has 96 valence electrons. The van der Waals surface area contributed by atoms with E-state index in [1.54, 1.807) is 6.26 Å². The molecule has 2 rings (SSSR count). The summed E-state index contributed by atoms with van der Waals surface area (Å²) in [6, 6.07) is 4.83. The highest BCUT2D eigenvalue weighted by Gasteiger charge is 2.20.